The van der Waals surface area contributed by atoms with E-state index < -0.39 is 17.4 Å². The predicted molar refractivity (Wildman–Crippen MR) is 69.5 cm³/mol. The smallest absolute Gasteiger partial charge is 0.417 e. The Kier molecular flexibility index (Phi) is 2.86. The fourth-order valence-corrected chi connectivity index (χ4v) is 2.21. The number of benzene rings is 1. The molecule has 1 aromatic rings. The number of anilines is 1. The summed E-state index contributed by atoms with van der Waals surface area (Å²) in [6, 6.07) is 7.43. The summed E-state index contributed by atoms with van der Waals surface area (Å²) in [5.41, 5.74) is -0.500. The van der Waals surface area contributed by atoms with Gasteiger partial charge in [0.2, 0.25) is 0 Å². The summed E-state index contributed by atoms with van der Waals surface area (Å²) in [6.45, 7) is 7.22. The van der Waals surface area contributed by atoms with Crippen molar-refractivity contribution in [2.45, 2.75) is 45.4 Å². The number of carbonyl (C=O) groups is 1. The summed E-state index contributed by atoms with van der Waals surface area (Å²) < 4.78 is 5.35. The third-order valence-corrected chi connectivity index (χ3v) is 3.90. The van der Waals surface area contributed by atoms with E-state index in [9.17, 15) is 9.90 Å². The minimum Gasteiger partial charge on any atom is -0.438 e. The van der Waals surface area contributed by atoms with E-state index >= 15 is 0 Å². The van der Waals surface area contributed by atoms with Gasteiger partial charge >= 0.3 is 6.09 Å². The number of hydrogen-bond acceptors (Lipinski definition) is 3. The van der Waals surface area contributed by atoms with Crippen LogP contribution in [0.3, 0.4) is 0 Å². The molecule has 98 valence electrons. The second-order valence-corrected chi connectivity index (χ2v) is 5.14. The van der Waals surface area contributed by atoms with Gasteiger partial charge in [0.25, 0.3) is 0 Å². The van der Waals surface area contributed by atoms with Gasteiger partial charge in [-0.25, -0.2) is 9.69 Å². The van der Waals surface area contributed by atoms with Crippen molar-refractivity contribution in [2.75, 3.05) is 4.90 Å². The quantitative estimate of drug-likeness (QED) is 0.876. The van der Waals surface area contributed by atoms with Crippen LogP contribution in [-0.2, 0) is 4.74 Å². The molecule has 0 radical (unpaired) electrons. The van der Waals surface area contributed by atoms with Gasteiger partial charge in [-0.3, -0.25) is 0 Å². The molecule has 2 atom stereocenters. The SMILES string of the molecule is CC[C@]1(C)OC(=O)N(c2ccc(C)cc2)[C@@]1(C)O. The highest BCUT2D eigenvalue weighted by Gasteiger charge is 2.58. The molecule has 0 aromatic heterocycles. The van der Waals surface area contributed by atoms with Crippen LogP contribution in [0.4, 0.5) is 10.5 Å². The predicted octanol–water partition coefficient (Wildman–Crippen LogP) is 2.83. The van der Waals surface area contributed by atoms with E-state index in [1.54, 1.807) is 13.8 Å². The van der Waals surface area contributed by atoms with Gasteiger partial charge in [0.05, 0.1) is 5.69 Å². The van der Waals surface area contributed by atoms with Crippen molar-refractivity contribution < 1.29 is 14.6 Å². The van der Waals surface area contributed by atoms with Gasteiger partial charge in [0.1, 0.15) is 0 Å². The largest absolute Gasteiger partial charge is 0.438 e. The zero-order valence-corrected chi connectivity index (χ0v) is 11.2. The highest BCUT2D eigenvalue weighted by molar-refractivity contribution is 5.92. The molecule has 1 amide bonds. The molecule has 1 N–H and O–H groups in total. The van der Waals surface area contributed by atoms with Gasteiger partial charge in [0, 0.05) is 0 Å². The van der Waals surface area contributed by atoms with Crippen LogP contribution >= 0.6 is 0 Å². The zero-order valence-electron chi connectivity index (χ0n) is 11.2. The maximum atomic E-state index is 12.0. The molecule has 1 saturated heterocycles. The van der Waals surface area contributed by atoms with Gasteiger partial charge in [0.15, 0.2) is 11.3 Å². The van der Waals surface area contributed by atoms with E-state index in [1.165, 1.54) is 4.90 Å². The van der Waals surface area contributed by atoms with Crippen molar-refractivity contribution in [3.05, 3.63) is 29.8 Å². The molecule has 1 aliphatic rings. The van der Waals surface area contributed by atoms with Crippen molar-refractivity contribution in [1.82, 2.24) is 0 Å². The monoisotopic (exact) mass is 249 g/mol. The summed E-state index contributed by atoms with van der Waals surface area (Å²) in [5.74, 6) is 0. The van der Waals surface area contributed by atoms with Crippen molar-refractivity contribution in [1.29, 1.82) is 0 Å². The number of aliphatic hydroxyl groups is 1. The number of ether oxygens (including phenoxy) is 1. The normalized spacial score (nSPS) is 31.6. The number of rotatable bonds is 2. The van der Waals surface area contributed by atoms with Crippen LogP contribution in [0.2, 0.25) is 0 Å². The molecular weight excluding hydrogens is 230 g/mol. The summed E-state index contributed by atoms with van der Waals surface area (Å²) in [5, 5.41) is 10.6. The summed E-state index contributed by atoms with van der Waals surface area (Å²) >= 11 is 0. The maximum Gasteiger partial charge on any atom is 0.417 e. The van der Waals surface area contributed by atoms with Crippen LogP contribution in [0.25, 0.3) is 0 Å². The molecule has 2 rings (SSSR count). The Hall–Kier alpha value is -1.55. The molecule has 1 fully saturated rings. The summed E-state index contributed by atoms with van der Waals surface area (Å²) in [6.07, 6.45) is 0.0434. The minimum atomic E-state index is -1.35. The molecular formula is C14H19NO3. The van der Waals surface area contributed by atoms with Crippen molar-refractivity contribution in [2.24, 2.45) is 0 Å². The molecule has 4 heteroatoms. The molecule has 1 aromatic carbocycles. The Morgan fingerprint density at radius 2 is 1.83 bits per heavy atom. The third-order valence-electron chi connectivity index (χ3n) is 3.90. The first-order chi connectivity index (χ1) is 8.32. The Bertz CT molecular complexity index is 466. The number of amides is 1. The fraction of sp³-hybridized carbons (Fsp3) is 0.500. The molecule has 0 saturated carbocycles. The van der Waals surface area contributed by atoms with Crippen molar-refractivity contribution >= 4 is 11.8 Å². The van der Waals surface area contributed by atoms with Gasteiger partial charge in [-0.05, 0) is 39.3 Å². The van der Waals surface area contributed by atoms with Crippen LogP contribution in [0.1, 0.15) is 32.8 Å². The van der Waals surface area contributed by atoms with E-state index in [-0.39, 0.29) is 0 Å². The molecule has 4 nitrogen and oxygen atoms in total. The topological polar surface area (TPSA) is 49.8 Å². The van der Waals surface area contributed by atoms with Gasteiger partial charge in [-0.1, -0.05) is 24.6 Å². The number of cyclic esters (lactones) is 1. The van der Waals surface area contributed by atoms with Crippen LogP contribution < -0.4 is 4.90 Å². The molecule has 18 heavy (non-hydrogen) atoms. The van der Waals surface area contributed by atoms with E-state index in [2.05, 4.69) is 0 Å². The van der Waals surface area contributed by atoms with Gasteiger partial charge in [-0.15, -0.1) is 0 Å². The van der Waals surface area contributed by atoms with Gasteiger partial charge < -0.3 is 9.84 Å². The zero-order chi connectivity index (χ0) is 13.6. The lowest BCUT2D eigenvalue weighted by Gasteiger charge is -2.36. The fourth-order valence-electron chi connectivity index (χ4n) is 2.21. The molecule has 0 bridgehead atoms. The van der Waals surface area contributed by atoms with E-state index in [0.29, 0.717) is 12.1 Å². The average Bonchev–Trinajstić information content (AvgIpc) is 2.48. The van der Waals surface area contributed by atoms with Crippen molar-refractivity contribution in [3.63, 3.8) is 0 Å². The lowest BCUT2D eigenvalue weighted by molar-refractivity contribution is -0.0861. The van der Waals surface area contributed by atoms with Gasteiger partial charge in [-0.2, -0.15) is 0 Å². The number of carbonyl (C=O) groups excluding carboxylic acids is 1. The standard InChI is InChI=1S/C14H19NO3/c1-5-13(3)14(4,17)15(12(16)18-13)11-8-6-10(2)7-9-11/h6-9,17H,5H2,1-4H3/t13-,14-/m0/s1. The third kappa shape index (κ3) is 1.68. The molecule has 0 aliphatic carbocycles. The van der Waals surface area contributed by atoms with Crippen molar-refractivity contribution in [3.8, 4) is 0 Å². The first kappa shape index (κ1) is 12.9. The Morgan fingerprint density at radius 1 is 1.28 bits per heavy atom. The van der Waals surface area contributed by atoms with E-state index in [1.807, 2.05) is 38.1 Å². The van der Waals surface area contributed by atoms with Crippen LogP contribution in [0.15, 0.2) is 24.3 Å². The summed E-state index contributed by atoms with van der Waals surface area (Å²) in [4.78, 5) is 13.3. The lowest BCUT2D eigenvalue weighted by Crippen LogP contribution is -2.55. The maximum absolute atomic E-state index is 12.0. The van der Waals surface area contributed by atoms with E-state index in [4.69, 9.17) is 4.74 Å². The Labute approximate surface area is 107 Å². The average molecular weight is 249 g/mol. The summed E-state index contributed by atoms with van der Waals surface area (Å²) in [7, 11) is 0. The highest BCUT2D eigenvalue weighted by atomic mass is 16.6. The first-order valence-corrected chi connectivity index (χ1v) is 6.14. The minimum absolute atomic E-state index is 0.506. The number of aryl methyl sites for hydroxylation is 1. The number of hydrogen-bond donors (Lipinski definition) is 1. The molecule has 1 heterocycles. The first-order valence-electron chi connectivity index (χ1n) is 6.14. The Balaban J connectivity index is 2.45. The molecule has 1 aliphatic heterocycles. The molecule has 0 unspecified atom stereocenters. The van der Waals surface area contributed by atoms with Crippen LogP contribution in [0.5, 0.6) is 0 Å². The number of nitrogens with zero attached hydrogens (tertiary/aromatic N) is 1. The highest BCUT2D eigenvalue weighted by Crippen LogP contribution is 2.42. The molecule has 0 spiro atoms. The second kappa shape index (κ2) is 3.99. The van der Waals surface area contributed by atoms with E-state index in [0.717, 1.165) is 5.56 Å². The lowest BCUT2D eigenvalue weighted by atomic mass is 9.90. The Morgan fingerprint density at radius 3 is 2.28 bits per heavy atom. The van der Waals surface area contributed by atoms with Crippen LogP contribution in [-0.4, -0.2) is 22.5 Å². The van der Waals surface area contributed by atoms with Crippen LogP contribution in [0, 0.1) is 6.92 Å². The second-order valence-electron chi connectivity index (χ2n) is 5.14.